The zero-order valence-electron chi connectivity index (χ0n) is 11.3. The zero-order chi connectivity index (χ0) is 13.8. The Kier molecular flexibility index (Phi) is 4.15. The summed E-state index contributed by atoms with van der Waals surface area (Å²) < 4.78 is 5.15. The first-order chi connectivity index (χ1) is 9.13. The lowest BCUT2D eigenvalue weighted by molar-refractivity contribution is -0.147. The van der Waals surface area contributed by atoms with Gasteiger partial charge in [0.05, 0.1) is 12.5 Å². The zero-order valence-corrected chi connectivity index (χ0v) is 11.3. The van der Waals surface area contributed by atoms with E-state index in [4.69, 9.17) is 4.74 Å². The number of carbonyl (C=O) groups is 2. The second-order valence-corrected chi connectivity index (χ2v) is 4.81. The van der Waals surface area contributed by atoms with Gasteiger partial charge in [0.15, 0.2) is 5.78 Å². The molecule has 3 nitrogen and oxygen atoms in total. The van der Waals surface area contributed by atoms with Crippen molar-refractivity contribution in [3.05, 3.63) is 47.5 Å². The molecule has 0 spiro atoms. The highest BCUT2D eigenvalue weighted by atomic mass is 16.5. The van der Waals surface area contributed by atoms with Crippen molar-refractivity contribution in [2.75, 3.05) is 6.61 Å². The molecule has 0 aliphatic heterocycles. The summed E-state index contributed by atoms with van der Waals surface area (Å²) in [7, 11) is 0. The van der Waals surface area contributed by atoms with Crippen LogP contribution in [-0.4, -0.2) is 18.4 Å². The Hall–Kier alpha value is -1.90. The van der Waals surface area contributed by atoms with E-state index >= 15 is 0 Å². The fourth-order valence-electron chi connectivity index (χ4n) is 2.65. The Labute approximate surface area is 113 Å². The molecule has 0 radical (unpaired) electrons. The maximum atomic E-state index is 12.1. The summed E-state index contributed by atoms with van der Waals surface area (Å²) in [5.74, 6) is -0.623. The molecule has 19 heavy (non-hydrogen) atoms. The molecule has 2 atom stereocenters. The highest BCUT2D eigenvalue weighted by Gasteiger charge is 2.36. The molecule has 0 N–H and O–H groups in total. The van der Waals surface area contributed by atoms with Crippen LogP contribution in [0.2, 0.25) is 0 Å². The quantitative estimate of drug-likeness (QED) is 0.783. The molecule has 100 valence electrons. The van der Waals surface area contributed by atoms with Crippen LogP contribution in [0.15, 0.2) is 42.0 Å². The number of esters is 1. The average Bonchev–Trinajstić information content (AvgIpc) is 2.39. The fourth-order valence-corrected chi connectivity index (χ4v) is 2.65. The first kappa shape index (κ1) is 13.5. The van der Waals surface area contributed by atoms with Gasteiger partial charge in [0.25, 0.3) is 0 Å². The summed E-state index contributed by atoms with van der Waals surface area (Å²) in [5.41, 5.74) is 1.81. The lowest BCUT2D eigenvalue weighted by Crippen LogP contribution is -2.30. The Balaban J connectivity index is 2.36. The molecule has 3 heteroatoms. The SMILES string of the molecule is CCOC(=O)C1C(C)=CC(=O)CC1c1ccccc1. The van der Waals surface area contributed by atoms with Crippen LogP contribution in [-0.2, 0) is 14.3 Å². The summed E-state index contributed by atoms with van der Waals surface area (Å²) in [5, 5.41) is 0. The van der Waals surface area contributed by atoms with Crippen LogP contribution in [0, 0.1) is 5.92 Å². The summed E-state index contributed by atoms with van der Waals surface area (Å²) in [6.07, 6.45) is 1.94. The van der Waals surface area contributed by atoms with Crippen molar-refractivity contribution in [3.63, 3.8) is 0 Å². The molecule has 1 aromatic carbocycles. The third-order valence-electron chi connectivity index (χ3n) is 3.47. The molecule has 0 saturated carbocycles. The van der Waals surface area contributed by atoms with E-state index in [9.17, 15) is 9.59 Å². The van der Waals surface area contributed by atoms with Crippen molar-refractivity contribution in [2.24, 2.45) is 5.92 Å². The third-order valence-corrected chi connectivity index (χ3v) is 3.47. The molecule has 0 heterocycles. The largest absolute Gasteiger partial charge is 0.466 e. The van der Waals surface area contributed by atoms with Crippen LogP contribution in [0.5, 0.6) is 0 Å². The first-order valence-electron chi connectivity index (χ1n) is 6.56. The van der Waals surface area contributed by atoms with Gasteiger partial charge in [-0.3, -0.25) is 9.59 Å². The van der Waals surface area contributed by atoms with Crippen molar-refractivity contribution in [1.82, 2.24) is 0 Å². The van der Waals surface area contributed by atoms with E-state index in [1.54, 1.807) is 13.0 Å². The molecule has 1 aliphatic rings. The minimum atomic E-state index is -0.347. The van der Waals surface area contributed by atoms with Gasteiger partial charge >= 0.3 is 5.97 Å². The number of ether oxygens (including phenoxy) is 1. The van der Waals surface area contributed by atoms with E-state index in [0.29, 0.717) is 13.0 Å². The second-order valence-electron chi connectivity index (χ2n) is 4.81. The van der Waals surface area contributed by atoms with Crippen LogP contribution in [0.3, 0.4) is 0 Å². The Morgan fingerprint density at radius 2 is 2.00 bits per heavy atom. The summed E-state index contributed by atoms with van der Waals surface area (Å²) in [6, 6.07) is 9.70. The highest BCUT2D eigenvalue weighted by Crippen LogP contribution is 2.37. The second kappa shape index (κ2) is 5.83. The van der Waals surface area contributed by atoms with Gasteiger partial charge in [0.1, 0.15) is 0 Å². The first-order valence-corrected chi connectivity index (χ1v) is 6.56. The predicted octanol–water partition coefficient (Wildman–Crippen LogP) is 2.87. The minimum Gasteiger partial charge on any atom is -0.466 e. The molecule has 0 aromatic heterocycles. The van der Waals surface area contributed by atoms with Crippen LogP contribution in [0.25, 0.3) is 0 Å². The van der Waals surface area contributed by atoms with E-state index in [1.165, 1.54) is 0 Å². The van der Waals surface area contributed by atoms with Crippen molar-refractivity contribution in [1.29, 1.82) is 0 Å². The molecule has 1 aromatic rings. The van der Waals surface area contributed by atoms with Crippen LogP contribution in [0.4, 0.5) is 0 Å². The van der Waals surface area contributed by atoms with Crippen LogP contribution in [0.1, 0.15) is 31.7 Å². The van der Waals surface area contributed by atoms with Crippen LogP contribution >= 0.6 is 0 Å². The van der Waals surface area contributed by atoms with Gasteiger partial charge in [-0.05, 0) is 25.5 Å². The molecule has 0 amide bonds. The molecule has 2 unspecified atom stereocenters. The van der Waals surface area contributed by atoms with E-state index in [1.807, 2.05) is 37.3 Å². The number of ketones is 1. The Morgan fingerprint density at radius 1 is 1.32 bits per heavy atom. The smallest absolute Gasteiger partial charge is 0.313 e. The van der Waals surface area contributed by atoms with E-state index < -0.39 is 0 Å². The Bertz CT molecular complexity index is 502. The minimum absolute atomic E-state index is 0.0758. The van der Waals surface area contributed by atoms with Gasteiger partial charge < -0.3 is 4.74 Å². The normalized spacial score (nSPS) is 22.8. The number of rotatable bonds is 3. The van der Waals surface area contributed by atoms with Gasteiger partial charge in [-0.15, -0.1) is 0 Å². The number of hydrogen-bond acceptors (Lipinski definition) is 3. The molecular formula is C16H18O3. The van der Waals surface area contributed by atoms with Gasteiger partial charge in [-0.2, -0.15) is 0 Å². The van der Waals surface area contributed by atoms with E-state index in [2.05, 4.69) is 0 Å². The summed E-state index contributed by atoms with van der Waals surface area (Å²) in [4.78, 5) is 23.9. The van der Waals surface area contributed by atoms with Crippen molar-refractivity contribution >= 4 is 11.8 Å². The number of benzene rings is 1. The average molecular weight is 258 g/mol. The van der Waals surface area contributed by atoms with Crippen molar-refractivity contribution < 1.29 is 14.3 Å². The standard InChI is InChI=1S/C16H18O3/c1-3-19-16(18)15-11(2)9-13(17)10-14(15)12-7-5-4-6-8-12/h4-9,14-15H,3,10H2,1-2H3. The molecule has 0 fully saturated rings. The molecule has 1 aliphatic carbocycles. The lowest BCUT2D eigenvalue weighted by atomic mass is 9.75. The van der Waals surface area contributed by atoms with E-state index in [0.717, 1.165) is 11.1 Å². The predicted molar refractivity (Wildman–Crippen MR) is 72.7 cm³/mol. The molecule has 0 bridgehead atoms. The molecule has 0 saturated heterocycles. The summed E-state index contributed by atoms with van der Waals surface area (Å²) in [6.45, 7) is 3.98. The monoisotopic (exact) mass is 258 g/mol. The van der Waals surface area contributed by atoms with Crippen molar-refractivity contribution in [2.45, 2.75) is 26.2 Å². The van der Waals surface area contributed by atoms with Crippen LogP contribution < -0.4 is 0 Å². The molecule has 2 rings (SSSR count). The summed E-state index contributed by atoms with van der Waals surface area (Å²) >= 11 is 0. The number of carbonyl (C=O) groups excluding carboxylic acids is 2. The van der Waals surface area contributed by atoms with Crippen molar-refractivity contribution in [3.8, 4) is 0 Å². The third kappa shape index (κ3) is 2.92. The molecular weight excluding hydrogens is 240 g/mol. The van der Waals surface area contributed by atoms with Gasteiger partial charge in [0, 0.05) is 12.3 Å². The lowest BCUT2D eigenvalue weighted by Gasteiger charge is -2.29. The van der Waals surface area contributed by atoms with Gasteiger partial charge in [-0.1, -0.05) is 35.9 Å². The maximum absolute atomic E-state index is 12.1. The fraction of sp³-hybridized carbons (Fsp3) is 0.375. The maximum Gasteiger partial charge on any atom is 0.313 e. The number of allylic oxidation sites excluding steroid dienone is 1. The van der Waals surface area contributed by atoms with E-state index in [-0.39, 0.29) is 23.6 Å². The number of hydrogen-bond donors (Lipinski definition) is 0. The Morgan fingerprint density at radius 3 is 2.63 bits per heavy atom. The van der Waals surface area contributed by atoms with Gasteiger partial charge in [-0.25, -0.2) is 0 Å². The topological polar surface area (TPSA) is 43.4 Å². The van der Waals surface area contributed by atoms with Gasteiger partial charge in [0.2, 0.25) is 0 Å². The highest BCUT2D eigenvalue weighted by molar-refractivity contribution is 5.95.